The van der Waals surface area contributed by atoms with Crippen LogP contribution in [0.15, 0.2) is 5.57 Å². The van der Waals surface area contributed by atoms with Gasteiger partial charge in [0.25, 0.3) is 0 Å². The SMILES string of the molecule is [CH-]=C(C)C.[Ru+2]. The second kappa shape index (κ2) is 4.36. The average Bonchev–Trinajstić information content (AvgIpc) is 0.811. The minimum absolute atomic E-state index is 0. The summed E-state index contributed by atoms with van der Waals surface area (Å²) in [4.78, 5) is 0. The van der Waals surface area contributed by atoms with E-state index in [-0.39, 0.29) is 19.5 Å². The molecule has 0 aliphatic carbocycles. The molecule has 0 aliphatic heterocycles. The van der Waals surface area contributed by atoms with Crippen molar-refractivity contribution in [2.75, 3.05) is 0 Å². The zero-order valence-electron chi connectivity index (χ0n) is 3.43. The van der Waals surface area contributed by atoms with Crippen molar-refractivity contribution in [3.05, 3.63) is 12.2 Å². The predicted molar refractivity (Wildman–Crippen MR) is 19.2 cm³/mol. The molecule has 1 heteroatoms. The summed E-state index contributed by atoms with van der Waals surface area (Å²) in [5.41, 5.74) is 0.917. The number of allylic oxidation sites excluding steroid dienone is 1. The number of hydrogen-bond donors (Lipinski definition) is 0. The van der Waals surface area contributed by atoms with E-state index in [1.165, 1.54) is 0 Å². The summed E-state index contributed by atoms with van der Waals surface area (Å²) in [7, 11) is 0. The molecule has 0 aromatic heterocycles. The standard InChI is InChI=1S/C4H7.Ru/c1-4(2)3;/h1H,2-3H3;/q-1;+2. The Balaban J connectivity index is 0. The molecule has 0 heterocycles. The van der Waals surface area contributed by atoms with Crippen LogP contribution in [-0.2, 0) is 19.5 Å². The molecule has 0 bridgehead atoms. The van der Waals surface area contributed by atoms with Crippen LogP contribution in [0.4, 0.5) is 0 Å². The molecule has 0 unspecified atom stereocenters. The van der Waals surface area contributed by atoms with Crippen molar-refractivity contribution in [1.29, 1.82) is 0 Å². The van der Waals surface area contributed by atoms with E-state index in [2.05, 4.69) is 0 Å². The van der Waals surface area contributed by atoms with Crippen LogP contribution in [0.5, 0.6) is 0 Å². The van der Waals surface area contributed by atoms with Crippen molar-refractivity contribution in [2.45, 2.75) is 13.8 Å². The molecule has 30 valence electrons. The first kappa shape index (κ1) is 9.03. The molecule has 0 saturated heterocycles. The molecular formula is C4H7Ru+. The summed E-state index contributed by atoms with van der Waals surface area (Å²) in [6.07, 6.45) is 0. The molecular weight excluding hydrogens is 149 g/mol. The van der Waals surface area contributed by atoms with Crippen molar-refractivity contribution < 1.29 is 19.5 Å². The van der Waals surface area contributed by atoms with Gasteiger partial charge in [-0.1, -0.05) is 13.8 Å². The maximum absolute atomic E-state index is 5.03. The molecule has 5 heavy (non-hydrogen) atoms. The van der Waals surface area contributed by atoms with E-state index in [1.807, 2.05) is 13.8 Å². The van der Waals surface area contributed by atoms with Crippen molar-refractivity contribution >= 4 is 0 Å². The summed E-state index contributed by atoms with van der Waals surface area (Å²) >= 11 is 0. The maximum atomic E-state index is 5.03. The number of rotatable bonds is 0. The topological polar surface area (TPSA) is 0 Å². The molecule has 0 radical (unpaired) electrons. The Hall–Kier alpha value is 0.363. The third-order valence-corrected chi connectivity index (χ3v) is 0. The normalized spacial score (nSPS) is 5.20. The van der Waals surface area contributed by atoms with E-state index in [0.717, 1.165) is 5.57 Å². The van der Waals surface area contributed by atoms with Gasteiger partial charge in [0.2, 0.25) is 0 Å². The van der Waals surface area contributed by atoms with E-state index in [4.69, 9.17) is 6.58 Å². The Labute approximate surface area is 46.0 Å². The first-order chi connectivity index (χ1) is 1.73. The quantitative estimate of drug-likeness (QED) is 0.367. The third-order valence-electron chi connectivity index (χ3n) is 0. The van der Waals surface area contributed by atoms with Crippen LogP contribution < -0.4 is 0 Å². The molecule has 0 aliphatic rings. The van der Waals surface area contributed by atoms with Crippen molar-refractivity contribution in [3.63, 3.8) is 0 Å². The van der Waals surface area contributed by atoms with E-state index < -0.39 is 0 Å². The third kappa shape index (κ3) is 185. The monoisotopic (exact) mass is 157 g/mol. The fourth-order valence-electron chi connectivity index (χ4n) is 0. The number of hydrogen-bond acceptors (Lipinski definition) is 0. The molecule has 0 aromatic rings. The van der Waals surface area contributed by atoms with Crippen LogP contribution >= 0.6 is 0 Å². The fourth-order valence-corrected chi connectivity index (χ4v) is 0. The summed E-state index contributed by atoms with van der Waals surface area (Å²) in [5.74, 6) is 0. The fraction of sp³-hybridized carbons (Fsp3) is 0.500. The molecule has 0 rings (SSSR count). The van der Waals surface area contributed by atoms with E-state index in [0.29, 0.717) is 0 Å². The van der Waals surface area contributed by atoms with Gasteiger partial charge in [-0.15, -0.1) is 0 Å². The smallest absolute Gasteiger partial charge is 0.515 e. The summed E-state index contributed by atoms with van der Waals surface area (Å²) in [5, 5.41) is 0. The molecule has 0 fully saturated rings. The van der Waals surface area contributed by atoms with Gasteiger partial charge in [-0.25, -0.2) is 0 Å². The van der Waals surface area contributed by atoms with Crippen LogP contribution in [-0.4, -0.2) is 0 Å². The van der Waals surface area contributed by atoms with Gasteiger partial charge in [-0.2, -0.15) is 0 Å². The minimum atomic E-state index is 0. The Morgan fingerprint density at radius 1 is 1.40 bits per heavy atom. The van der Waals surface area contributed by atoms with Gasteiger partial charge in [-0.05, 0) is 0 Å². The molecule has 0 aromatic carbocycles. The Bertz CT molecular complexity index is 26.6. The van der Waals surface area contributed by atoms with Crippen molar-refractivity contribution in [1.82, 2.24) is 0 Å². The zero-order valence-corrected chi connectivity index (χ0v) is 5.17. The van der Waals surface area contributed by atoms with Gasteiger partial charge >= 0.3 is 19.5 Å². The van der Waals surface area contributed by atoms with Crippen LogP contribution in [0.3, 0.4) is 0 Å². The molecule has 0 atom stereocenters. The summed E-state index contributed by atoms with van der Waals surface area (Å²) in [6.45, 7) is 8.75. The largest absolute Gasteiger partial charge is 2.00 e. The first-order valence-electron chi connectivity index (χ1n) is 1.29. The Kier molecular flexibility index (Phi) is 7.88. The van der Waals surface area contributed by atoms with E-state index in [1.54, 1.807) is 0 Å². The van der Waals surface area contributed by atoms with Crippen LogP contribution in [0.25, 0.3) is 0 Å². The van der Waals surface area contributed by atoms with Gasteiger partial charge in [0.05, 0.1) is 0 Å². The second-order valence-electron chi connectivity index (χ2n) is 1.08. The molecule has 0 nitrogen and oxygen atoms in total. The van der Waals surface area contributed by atoms with Crippen LogP contribution in [0.1, 0.15) is 13.8 Å². The van der Waals surface area contributed by atoms with Gasteiger partial charge in [0.15, 0.2) is 0 Å². The first-order valence-corrected chi connectivity index (χ1v) is 1.29. The average molecular weight is 156 g/mol. The van der Waals surface area contributed by atoms with Crippen LogP contribution in [0, 0.1) is 6.58 Å². The molecule has 0 spiro atoms. The predicted octanol–water partition coefficient (Wildman–Crippen LogP) is 1.38. The molecule has 0 amide bonds. The van der Waals surface area contributed by atoms with Crippen LogP contribution in [0.2, 0.25) is 0 Å². The van der Waals surface area contributed by atoms with Gasteiger partial charge in [0.1, 0.15) is 0 Å². The maximum Gasteiger partial charge on any atom is 2.00 e. The summed E-state index contributed by atoms with van der Waals surface area (Å²) < 4.78 is 0. The Morgan fingerprint density at radius 2 is 1.40 bits per heavy atom. The second-order valence-corrected chi connectivity index (χ2v) is 1.08. The van der Waals surface area contributed by atoms with Gasteiger partial charge < -0.3 is 6.58 Å². The van der Waals surface area contributed by atoms with Gasteiger partial charge in [-0.3, -0.25) is 5.57 Å². The molecule has 0 saturated carbocycles. The van der Waals surface area contributed by atoms with Crippen molar-refractivity contribution in [3.8, 4) is 0 Å². The Morgan fingerprint density at radius 3 is 1.40 bits per heavy atom. The zero-order chi connectivity index (χ0) is 3.58. The van der Waals surface area contributed by atoms with Gasteiger partial charge in [0, 0.05) is 0 Å². The minimum Gasteiger partial charge on any atom is -0.515 e. The van der Waals surface area contributed by atoms with E-state index in [9.17, 15) is 0 Å². The molecule has 0 N–H and O–H groups in total. The van der Waals surface area contributed by atoms with Crippen molar-refractivity contribution in [2.24, 2.45) is 0 Å². The summed E-state index contributed by atoms with van der Waals surface area (Å²) in [6, 6.07) is 0. The van der Waals surface area contributed by atoms with E-state index >= 15 is 0 Å².